The van der Waals surface area contributed by atoms with Crippen molar-refractivity contribution in [2.24, 2.45) is 17.8 Å². The Kier molecular flexibility index (Phi) is 3.68. The Hall–Kier alpha value is -1.27. The molecule has 2 atom stereocenters. The minimum absolute atomic E-state index is 0.365. The van der Waals surface area contributed by atoms with Gasteiger partial charge in [-0.2, -0.15) is 13.2 Å². The first kappa shape index (κ1) is 13.8. The van der Waals surface area contributed by atoms with Gasteiger partial charge < -0.3 is 10.0 Å². The van der Waals surface area contributed by atoms with Crippen LogP contribution in [0.4, 0.5) is 13.2 Å². The molecule has 1 N–H and O–H groups in total. The molecule has 0 spiro atoms. The number of carbonyl (C=O) groups excluding carboxylic acids is 1. The molecule has 1 amide bonds. The minimum atomic E-state index is -4.59. The van der Waals surface area contributed by atoms with Crippen LogP contribution >= 0.6 is 0 Å². The average Bonchev–Trinajstić information content (AvgIpc) is 2.59. The molecule has 0 aromatic heterocycles. The largest absolute Gasteiger partial charge is 0.481 e. The lowest BCUT2D eigenvalue weighted by molar-refractivity contribution is -0.188. The van der Waals surface area contributed by atoms with Crippen LogP contribution in [-0.4, -0.2) is 41.1 Å². The lowest BCUT2D eigenvalue weighted by Crippen LogP contribution is -2.34. The zero-order valence-corrected chi connectivity index (χ0v) is 9.49. The molecular formula is C10H14F3NO3. The Morgan fingerprint density at radius 2 is 1.82 bits per heavy atom. The van der Waals surface area contributed by atoms with Crippen molar-refractivity contribution in [2.45, 2.75) is 20.0 Å². The van der Waals surface area contributed by atoms with Crippen molar-refractivity contribution >= 4 is 11.9 Å². The highest BCUT2D eigenvalue weighted by molar-refractivity contribution is 5.80. The number of likely N-dealkylation sites (tertiary alicyclic amines) is 1. The molecule has 0 aromatic rings. The molecule has 0 unspecified atom stereocenters. The molecule has 1 fully saturated rings. The first-order chi connectivity index (χ1) is 7.64. The summed E-state index contributed by atoms with van der Waals surface area (Å²) in [7, 11) is 0. The second-order valence-electron chi connectivity index (χ2n) is 4.49. The third-order valence-electron chi connectivity index (χ3n) is 2.86. The van der Waals surface area contributed by atoms with Gasteiger partial charge in [0.25, 0.3) is 0 Å². The minimum Gasteiger partial charge on any atom is -0.481 e. The summed E-state index contributed by atoms with van der Waals surface area (Å²) < 4.78 is 37.8. The maximum Gasteiger partial charge on any atom is 0.394 e. The second-order valence-corrected chi connectivity index (χ2v) is 4.49. The van der Waals surface area contributed by atoms with Crippen LogP contribution in [0.2, 0.25) is 0 Å². The van der Waals surface area contributed by atoms with Gasteiger partial charge >= 0.3 is 12.1 Å². The van der Waals surface area contributed by atoms with Gasteiger partial charge in [0.1, 0.15) is 0 Å². The normalized spacial score (nSPS) is 25.4. The summed E-state index contributed by atoms with van der Waals surface area (Å²) in [5.41, 5.74) is 0. The Labute approximate surface area is 96.4 Å². The van der Waals surface area contributed by atoms with E-state index in [0.717, 1.165) is 4.90 Å². The summed E-state index contributed by atoms with van der Waals surface area (Å²) in [6, 6.07) is 0. The molecule has 0 aliphatic carbocycles. The van der Waals surface area contributed by atoms with Crippen LogP contribution in [0.1, 0.15) is 13.8 Å². The zero-order chi connectivity index (χ0) is 13.4. The van der Waals surface area contributed by atoms with Gasteiger partial charge in [0.05, 0.1) is 11.8 Å². The van der Waals surface area contributed by atoms with Gasteiger partial charge in [-0.15, -0.1) is 0 Å². The molecule has 1 heterocycles. The van der Waals surface area contributed by atoms with Gasteiger partial charge in [-0.25, -0.2) is 0 Å². The number of aliphatic carboxylic acids is 1. The van der Waals surface area contributed by atoms with Crippen LogP contribution in [0.15, 0.2) is 0 Å². The van der Waals surface area contributed by atoms with Crippen molar-refractivity contribution < 1.29 is 27.9 Å². The van der Waals surface area contributed by atoms with Gasteiger partial charge in [0.15, 0.2) is 0 Å². The highest BCUT2D eigenvalue weighted by Gasteiger charge is 2.53. The van der Waals surface area contributed by atoms with Crippen molar-refractivity contribution in [1.29, 1.82) is 0 Å². The van der Waals surface area contributed by atoms with Gasteiger partial charge in [-0.3, -0.25) is 9.59 Å². The molecule has 0 saturated carbocycles. The van der Waals surface area contributed by atoms with Crippen molar-refractivity contribution in [3.63, 3.8) is 0 Å². The van der Waals surface area contributed by atoms with Crippen LogP contribution in [0.25, 0.3) is 0 Å². The molecule has 1 aliphatic rings. The van der Waals surface area contributed by atoms with Gasteiger partial charge in [0, 0.05) is 19.0 Å². The Morgan fingerprint density at radius 1 is 1.29 bits per heavy atom. The number of carboxylic acids is 1. The van der Waals surface area contributed by atoms with E-state index in [9.17, 15) is 22.8 Å². The highest BCUT2D eigenvalue weighted by atomic mass is 19.4. The van der Waals surface area contributed by atoms with Crippen molar-refractivity contribution in [3.8, 4) is 0 Å². The van der Waals surface area contributed by atoms with Crippen molar-refractivity contribution in [1.82, 2.24) is 4.90 Å². The maximum atomic E-state index is 12.6. The van der Waals surface area contributed by atoms with Gasteiger partial charge in [0.2, 0.25) is 5.91 Å². The predicted octanol–water partition coefficient (Wildman–Crippen LogP) is 1.36. The van der Waals surface area contributed by atoms with E-state index in [1.165, 1.54) is 0 Å². The summed E-state index contributed by atoms with van der Waals surface area (Å²) in [4.78, 5) is 23.3. The molecule has 1 saturated heterocycles. The molecular weight excluding hydrogens is 239 g/mol. The Bertz CT molecular complexity index is 327. The fourth-order valence-corrected chi connectivity index (χ4v) is 1.93. The number of hydrogen-bond acceptors (Lipinski definition) is 2. The van der Waals surface area contributed by atoms with Crippen LogP contribution in [0, 0.1) is 17.8 Å². The molecule has 7 heteroatoms. The SMILES string of the molecule is CC(C)C(=O)N1C[C@@H](C(F)(F)F)[C@H](C(=O)O)C1. The van der Waals surface area contributed by atoms with Crippen LogP contribution in [0.3, 0.4) is 0 Å². The zero-order valence-electron chi connectivity index (χ0n) is 9.49. The monoisotopic (exact) mass is 253 g/mol. The standard InChI is InChI=1S/C10H14F3NO3/c1-5(2)8(15)14-3-6(9(16)17)7(4-14)10(11,12)13/h5-7H,3-4H2,1-2H3,(H,16,17)/t6-,7-/m1/s1. The smallest absolute Gasteiger partial charge is 0.394 e. The maximum absolute atomic E-state index is 12.6. The summed E-state index contributed by atoms with van der Waals surface area (Å²) in [6.45, 7) is 2.21. The lowest BCUT2D eigenvalue weighted by atomic mass is 9.96. The van der Waals surface area contributed by atoms with Crippen LogP contribution in [-0.2, 0) is 9.59 Å². The first-order valence-electron chi connectivity index (χ1n) is 5.23. The number of alkyl halides is 3. The molecule has 1 aliphatic heterocycles. The number of halogens is 3. The van der Waals surface area contributed by atoms with E-state index >= 15 is 0 Å². The fourth-order valence-electron chi connectivity index (χ4n) is 1.93. The summed E-state index contributed by atoms with van der Waals surface area (Å²) in [5.74, 6) is -5.91. The highest BCUT2D eigenvalue weighted by Crippen LogP contribution is 2.38. The van der Waals surface area contributed by atoms with E-state index in [4.69, 9.17) is 5.11 Å². The molecule has 17 heavy (non-hydrogen) atoms. The second kappa shape index (κ2) is 4.54. The van der Waals surface area contributed by atoms with Crippen molar-refractivity contribution in [3.05, 3.63) is 0 Å². The number of carbonyl (C=O) groups is 2. The summed E-state index contributed by atoms with van der Waals surface area (Å²) >= 11 is 0. The third kappa shape index (κ3) is 2.89. The molecule has 0 aromatic carbocycles. The topological polar surface area (TPSA) is 57.6 Å². The van der Waals surface area contributed by atoms with E-state index in [2.05, 4.69) is 0 Å². The molecule has 4 nitrogen and oxygen atoms in total. The third-order valence-corrected chi connectivity index (χ3v) is 2.86. The molecule has 98 valence electrons. The fraction of sp³-hybridized carbons (Fsp3) is 0.800. The number of hydrogen-bond donors (Lipinski definition) is 1. The summed E-state index contributed by atoms with van der Waals surface area (Å²) in [5, 5.41) is 8.75. The molecule has 1 rings (SSSR count). The Morgan fingerprint density at radius 3 is 2.12 bits per heavy atom. The molecule has 0 radical (unpaired) electrons. The van der Waals surface area contributed by atoms with Gasteiger partial charge in [-0.1, -0.05) is 13.8 Å². The van der Waals surface area contributed by atoms with Crippen LogP contribution < -0.4 is 0 Å². The quantitative estimate of drug-likeness (QED) is 0.808. The van der Waals surface area contributed by atoms with Crippen LogP contribution in [0.5, 0.6) is 0 Å². The predicted molar refractivity (Wildman–Crippen MR) is 52.1 cm³/mol. The van der Waals surface area contributed by atoms with E-state index in [1.807, 2.05) is 0 Å². The lowest BCUT2D eigenvalue weighted by Gasteiger charge is -2.19. The van der Waals surface area contributed by atoms with E-state index in [1.54, 1.807) is 13.8 Å². The number of carboxylic acid groups (broad SMARTS) is 1. The van der Waals surface area contributed by atoms with Crippen molar-refractivity contribution in [2.75, 3.05) is 13.1 Å². The Balaban J connectivity index is 2.87. The van der Waals surface area contributed by atoms with Gasteiger partial charge in [-0.05, 0) is 0 Å². The average molecular weight is 253 g/mol. The number of rotatable bonds is 2. The van der Waals surface area contributed by atoms with E-state index in [-0.39, 0.29) is 6.54 Å². The summed E-state index contributed by atoms with van der Waals surface area (Å²) in [6.07, 6.45) is -4.59. The van der Waals surface area contributed by atoms with E-state index in [0.29, 0.717) is 0 Å². The molecule has 0 bridgehead atoms. The number of nitrogens with zero attached hydrogens (tertiary/aromatic N) is 1. The number of amides is 1. The first-order valence-corrected chi connectivity index (χ1v) is 5.23. The van der Waals surface area contributed by atoms with E-state index < -0.39 is 42.4 Å².